The van der Waals surface area contributed by atoms with Crippen molar-refractivity contribution in [2.24, 2.45) is 0 Å². The second-order valence-electron chi connectivity index (χ2n) is 3.36. The monoisotopic (exact) mass is 220 g/mol. The summed E-state index contributed by atoms with van der Waals surface area (Å²) >= 11 is 8.73. The molecule has 0 N–H and O–H groups in total. The van der Waals surface area contributed by atoms with Crippen LogP contribution in [0.1, 0.15) is 12.5 Å². The Labute approximate surface area is 95.2 Å². The van der Waals surface area contributed by atoms with Crippen molar-refractivity contribution < 1.29 is 0 Å². The van der Waals surface area contributed by atoms with Gasteiger partial charge in [0.15, 0.2) is 0 Å². The molecule has 0 radical (unpaired) electrons. The van der Waals surface area contributed by atoms with Crippen molar-refractivity contribution in [1.29, 1.82) is 0 Å². The Bertz CT molecular complexity index is 470. The van der Waals surface area contributed by atoms with Gasteiger partial charge in [0.25, 0.3) is 0 Å². The van der Waals surface area contributed by atoms with Gasteiger partial charge in [-0.15, -0.1) is 25.3 Å². The van der Waals surface area contributed by atoms with Crippen LogP contribution in [0.4, 0.5) is 0 Å². The van der Waals surface area contributed by atoms with Gasteiger partial charge in [0.2, 0.25) is 0 Å². The van der Waals surface area contributed by atoms with Crippen LogP contribution in [0.5, 0.6) is 0 Å². The molecule has 0 spiro atoms. The van der Waals surface area contributed by atoms with Crippen LogP contribution in [0.25, 0.3) is 10.8 Å². The van der Waals surface area contributed by atoms with E-state index < -0.39 is 0 Å². The molecule has 0 aliphatic rings. The first-order valence-electron chi connectivity index (χ1n) is 4.65. The molecule has 0 saturated heterocycles. The van der Waals surface area contributed by atoms with Gasteiger partial charge in [-0.3, -0.25) is 0 Å². The van der Waals surface area contributed by atoms with E-state index in [2.05, 4.69) is 56.4 Å². The summed E-state index contributed by atoms with van der Waals surface area (Å²) in [5.74, 6) is 0. The number of thiol groups is 2. The van der Waals surface area contributed by atoms with Crippen molar-refractivity contribution in [1.82, 2.24) is 0 Å². The van der Waals surface area contributed by atoms with Gasteiger partial charge in [-0.2, -0.15) is 0 Å². The standard InChI is InChI=1S/C12H12S2/c1-2-8-5-11(14)7-9-6-10(13)3-4-12(8)9/h3-7,13-14H,2H2,1H3. The summed E-state index contributed by atoms with van der Waals surface area (Å²) in [6, 6.07) is 10.4. The summed E-state index contributed by atoms with van der Waals surface area (Å²) in [5.41, 5.74) is 1.35. The lowest BCUT2D eigenvalue weighted by Crippen LogP contribution is -1.84. The molecule has 0 amide bonds. The third kappa shape index (κ3) is 1.77. The van der Waals surface area contributed by atoms with Crippen LogP contribution in [0.3, 0.4) is 0 Å². The highest BCUT2D eigenvalue weighted by Gasteiger charge is 2.01. The molecule has 0 saturated carbocycles. The molecular formula is C12H12S2. The predicted octanol–water partition coefficient (Wildman–Crippen LogP) is 3.98. The van der Waals surface area contributed by atoms with Gasteiger partial charge < -0.3 is 0 Å². The van der Waals surface area contributed by atoms with Crippen molar-refractivity contribution >= 4 is 36.0 Å². The Hall–Kier alpha value is -0.600. The fraction of sp³-hybridized carbons (Fsp3) is 0.167. The van der Waals surface area contributed by atoms with Gasteiger partial charge in [0, 0.05) is 9.79 Å². The van der Waals surface area contributed by atoms with E-state index in [-0.39, 0.29) is 0 Å². The fourth-order valence-corrected chi connectivity index (χ4v) is 2.22. The molecule has 14 heavy (non-hydrogen) atoms. The summed E-state index contributed by atoms with van der Waals surface area (Å²) in [5, 5.41) is 2.53. The Balaban J connectivity index is 2.81. The van der Waals surface area contributed by atoms with Gasteiger partial charge in [-0.05, 0) is 47.0 Å². The second kappa shape index (κ2) is 3.87. The second-order valence-corrected chi connectivity index (χ2v) is 4.40. The Morgan fingerprint density at radius 2 is 1.71 bits per heavy atom. The number of benzene rings is 2. The molecule has 2 aromatic carbocycles. The van der Waals surface area contributed by atoms with Gasteiger partial charge in [0.1, 0.15) is 0 Å². The zero-order chi connectivity index (χ0) is 10.1. The van der Waals surface area contributed by atoms with E-state index in [0.29, 0.717) is 0 Å². The summed E-state index contributed by atoms with van der Waals surface area (Å²) in [6.45, 7) is 2.16. The number of hydrogen-bond acceptors (Lipinski definition) is 2. The number of rotatable bonds is 1. The molecule has 0 nitrogen and oxygen atoms in total. The first-order chi connectivity index (χ1) is 6.70. The molecule has 2 rings (SSSR count). The highest BCUT2D eigenvalue weighted by molar-refractivity contribution is 7.80. The van der Waals surface area contributed by atoms with E-state index in [9.17, 15) is 0 Å². The molecule has 0 unspecified atom stereocenters. The lowest BCUT2D eigenvalue weighted by Gasteiger charge is -2.06. The molecule has 0 heterocycles. The first-order valence-corrected chi connectivity index (χ1v) is 5.55. The quantitative estimate of drug-likeness (QED) is 0.667. The Morgan fingerprint density at radius 1 is 1.00 bits per heavy atom. The van der Waals surface area contributed by atoms with Crippen molar-refractivity contribution in [2.75, 3.05) is 0 Å². The maximum absolute atomic E-state index is 4.39. The molecule has 2 aromatic rings. The van der Waals surface area contributed by atoms with E-state index in [4.69, 9.17) is 0 Å². The van der Waals surface area contributed by atoms with E-state index in [1.807, 2.05) is 6.07 Å². The van der Waals surface area contributed by atoms with Crippen LogP contribution in [-0.2, 0) is 6.42 Å². The van der Waals surface area contributed by atoms with Gasteiger partial charge >= 0.3 is 0 Å². The molecule has 0 aromatic heterocycles. The van der Waals surface area contributed by atoms with Gasteiger partial charge in [0.05, 0.1) is 0 Å². The maximum atomic E-state index is 4.39. The highest BCUT2D eigenvalue weighted by Crippen LogP contribution is 2.25. The SMILES string of the molecule is CCc1cc(S)cc2cc(S)ccc12. The van der Waals surface area contributed by atoms with Crippen LogP contribution in [0, 0.1) is 0 Å². The van der Waals surface area contributed by atoms with Crippen molar-refractivity contribution in [3.8, 4) is 0 Å². The van der Waals surface area contributed by atoms with Crippen molar-refractivity contribution in [3.63, 3.8) is 0 Å². The minimum absolute atomic E-state index is 0.999. The highest BCUT2D eigenvalue weighted by atomic mass is 32.1. The van der Waals surface area contributed by atoms with E-state index in [0.717, 1.165) is 16.2 Å². The van der Waals surface area contributed by atoms with Crippen molar-refractivity contribution in [2.45, 2.75) is 23.1 Å². The number of fused-ring (bicyclic) bond motifs is 1. The molecule has 0 fully saturated rings. The zero-order valence-corrected chi connectivity index (χ0v) is 9.78. The molecular weight excluding hydrogens is 208 g/mol. The van der Waals surface area contributed by atoms with Crippen LogP contribution >= 0.6 is 25.3 Å². The Kier molecular flexibility index (Phi) is 2.75. The first kappa shape index (κ1) is 9.94. The third-order valence-corrected chi connectivity index (χ3v) is 2.92. The average Bonchev–Trinajstić information content (AvgIpc) is 2.15. The lowest BCUT2D eigenvalue weighted by molar-refractivity contribution is 1.14. The topological polar surface area (TPSA) is 0 Å². The van der Waals surface area contributed by atoms with Crippen molar-refractivity contribution in [3.05, 3.63) is 35.9 Å². The molecule has 72 valence electrons. The summed E-state index contributed by atoms with van der Waals surface area (Å²) < 4.78 is 0. The minimum Gasteiger partial charge on any atom is -0.143 e. The fourth-order valence-electron chi connectivity index (χ4n) is 1.71. The minimum atomic E-state index is 0.999. The van der Waals surface area contributed by atoms with Gasteiger partial charge in [-0.25, -0.2) is 0 Å². The number of hydrogen-bond donors (Lipinski definition) is 2. The number of aryl methyl sites for hydroxylation is 1. The van der Waals surface area contributed by atoms with E-state index >= 15 is 0 Å². The smallest absolute Gasteiger partial charge is 0.00491 e. The molecule has 0 bridgehead atoms. The lowest BCUT2D eigenvalue weighted by atomic mass is 10.0. The molecule has 0 aliphatic heterocycles. The third-order valence-electron chi connectivity index (χ3n) is 2.39. The summed E-state index contributed by atoms with van der Waals surface area (Å²) in [6.07, 6.45) is 1.04. The van der Waals surface area contributed by atoms with Crippen LogP contribution in [0.15, 0.2) is 40.1 Å². The van der Waals surface area contributed by atoms with Crippen LogP contribution in [0.2, 0.25) is 0 Å². The van der Waals surface area contributed by atoms with E-state index in [1.165, 1.54) is 16.3 Å². The summed E-state index contributed by atoms with van der Waals surface area (Å²) in [7, 11) is 0. The Morgan fingerprint density at radius 3 is 2.43 bits per heavy atom. The molecule has 0 atom stereocenters. The van der Waals surface area contributed by atoms with Gasteiger partial charge in [-0.1, -0.05) is 13.0 Å². The summed E-state index contributed by atoms with van der Waals surface area (Å²) in [4.78, 5) is 2.02. The zero-order valence-electron chi connectivity index (χ0n) is 7.99. The molecule has 0 aliphatic carbocycles. The molecule has 2 heteroatoms. The normalized spacial score (nSPS) is 10.8. The van der Waals surface area contributed by atoms with Crippen LogP contribution in [-0.4, -0.2) is 0 Å². The maximum Gasteiger partial charge on any atom is 0.00491 e. The van der Waals surface area contributed by atoms with E-state index in [1.54, 1.807) is 0 Å². The largest absolute Gasteiger partial charge is 0.143 e. The van der Waals surface area contributed by atoms with Crippen LogP contribution < -0.4 is 0 Å². The predicted molar refractivity (Wildman–Crippen MR) is 67.8 cm³/mol. The average molecular weight is 220 g/mol.